The summed E-state index contributed by atoms with van der Waals surface area (Å²) in [6.45, 7) is 0. The van der Waals surface area contributed by atoms with Gasteiger partial charge in [-0.25, -0.2) is 0 Å². The first-order valence-corrected chi connectivity index (χ1v) is 11.5. The Labute approximate surface area is 196 Å². The number of aryl methyl sites for hydroxylation is 2. The van der Waals surface area contributed by atoms with Crippen LogP contribution in [0.1, 0.15) is 11.1 Å². The Morgan fingerprint density at radius 1 is 0.333 bits per heavy atom. The molecule has 1 aliphatic rings. The highest BCUT2D eigenvalue weighted by molar-refractivity contribution is 5.76. The molecule has 1 aliphatic carbocycles. The number of rotatable bonds is 3. The Kier molecular flexibility index (Phi) is 6.31. The molecule has 0 heterocycles. The fourth-order valence-corrected chi connectivity index (χ4v) is 4.45. The summed E-state index contributed by atoms with van der Waals surface area (Å²) in [5.74, 6) is 0. The zero-order valence-electron chi connectivity index (χ0n) is 18.6. The highest BCUT2D eigenvalue weighted by atomic mass is 15.1. The lowest BCUT2D eigenvalue weighted by atomic mass is 9.86. The molecule has 0 saturated carbocycles. The molecule has 0 bridgehead atoms. The van der Waals surface area contributed by atoms with Gasteiger partial charge in [-0.2, -0.15) is 0 Å². The van der Waals surface area contributed by atoms with Gasteiger partial charge < -0.3 is 4.90 Å². The van der Waals surface area contributed by atoms with Crippen molar-refractivity contribution in [3.8, 4) is 11.1 Å². The standard InChI is InChI=1S/C18H15N.C14H12/c1-4-10-16(11-5-1)19(17-12-6-2-7-13-17)18-14-8-3-9-15-18;1-3-7-13-11(5-1)9-10-12-6-2-4-8-14(12)13/h1-15H;1-8H,9-10H2. The Morgan fingerprint density at radius 3 is 1.00 bits per heavy atom. The lowest BCUT2D eigenvalue weighted by molar-refractivity contribution is 0.942. The second kappa shape index (κ2) is 10.0. The van der Waals surface area contributed by atoms with Gasteiger partial charge in [-0.05, 0) is 71.5 Å². The van der Waals surface area contributed by atoms with E-state index in [1.54, 1.807) is 0 Å². The second-order valence-corrected chi connectivity index (χ2v) is 8.16. The van der Waals surface area contributed by atoms with Gasteiger partial charge in [0.1, 0.15) is 0 Å². The summed E-state index contributed by atoms with van der Waals surface area (Å²) in [7, 11) is 0. The molecular formula is C32H27N. The van der Waals surface area contributed by atoms with Gasteiger partial charge in [0.25, 0.3) is 0 Å². The highest BCUT2D eigenvalue weighted by Crippen LogP contribution is 2.34. The third kappa shape index (κ3) is 4.73. The third-order valence-corrected chi connectivity index (χ3v) is 6.03. The predicted molar refractivity (Wildman–Crippen MR) is 140 cm³/mol. The van der Waals surface area contributed by atoms with Crippen molar-refractivity contribution in [1.82, 2.24) is 0 Å². The van der Waals surface area contributed by atoms with Crippen LogP contribution in [0.4, 0.5) is 17.1 Å². The van der Waals surface area contributed by atoms with Crippen molar-refractivity contribution in [3.63, 3.8) is 0 Å². The van der Waals surface area contributed by atoms with E-state index in [0.29, 0.717) is 0 Å². The summed E-state index contributed by atoms with van der Waals surface area (Å²) in [6, 6.07) is 48.7. The maximum atomic E-state index is 2.25. The molecule has 0 N–H and O–H groups in total. The summed E-state index contributed by atoms with van der Waals surface area (Å²) >= 11 is 0. The van der Waals surface area contributed by atoms with Crippen LogP contribution < -0.4 is 4.90 Å². The summed E-state index contributed by atoms with van der Waals surface area (Å²) in [5.41, 5.74) is 9.33. The molecule has 5 aromatic carbocycles. The maximum Gasteiger partial charge on any atom is 0.0461 e. The number of hydrogen-bond donors (Lipinski definition) is 0. The van der Waals surface area contributed by atoms with Crippen LogP contribution in [0.3, 0.4) is 0 Å². The normalized spacial score (nSPS) is 11.4. The average Bonchev–Trinajstić information content (AvgIpc) is 2.91. The van der Waals surface area contributed by atoms with Crippen molar-refractivity contribution in [1.29, 1.82) is 0 Å². The molecule has 1 heteroatoms. The van der Waals surface area contributed by atoms with E-state index >= 15 is 0 Å². The predicted octanol–water partition coefficient (Wildman–Crippen LogP) is 8.61. The van der Waals surface area contributed by atoms with Crippen molar-refractivity contribution < 1.29 is 0 Å². The third-order valence-electron chi connectivity index (χ3n) is 6.03. The molecule has 0 radical (unpaired) electrons. The molecule has 1 nitrogen and oxygen atoms in total. The van der Waals surface area contributed by atoms with Crippen LogP contribution >= 0.6 is 0 Å². The summed E-state index contributed by atoms with van der Waals surface area (Å²) in [4.78, 5) is 2.25. The molecule has 0 aliphatic heterocycles. The van der Waals surface area contributed by atoms with Gasteiger partial charge in [0.05, 0.1) is 0 Å². The number of nitrogens with zero attached hydrogens (tertiary/aromatic N) is 1. The van der Waals surface area contributed by atoms with E-state index in [2.05, 4.69) is 126 Å². The second-order valence-electron chi connectivity index (χ2n) is 8.16. The van der Waals surface area contributed by atoms with Crippen molar-refractivity contribution in [2.75, 3.05) is 4.90 Å². The Bertz CT molecular complexity index is 1150. The first-order valence-electron chi connectivity index (χ1n) is 11.5. The Balaban J connectivity index is 0.000000144. The van der Waals surface area contributed by atoms with E-state index in [1.165, 1.54) is 52.2 Å². The molecule has 33 heavy (non-hydrogen) atoms. The lowest BCUT2D eigenvalue weighted by Crippen LogP contribution is -2.09. The monoisotopic (exact) mass is 425 g/mol. The van der Waals surface area contributed by atoms with E-state index in [9.17, 15) is 0 Å². The number of fused-ring (bicyclic) bond motifs is 3. The first kappa shape index (κ1) is 20.8. The molecule has 0 unspecified atom stereocenters. The Hall–Kier alpha value is -4.10. The molecule has 5 aromatic rings. The fourth-order valence-electron chi connectivity index (χ4n) is 4.45. The molecule has 0 fully saturated rings. The molecule has 0 atom stereocenters. The molecule has 0 spiro atoms. The lowest BCUT2D eigenvalue weighted by Gasteiger charge is -2.25. The minimum absolute atomic E-state index is 1.17. The Morgan fingerprint density at radius 2 is 0.636 bits per heavy atom. The van der Waals surface area contributed by atoms with Gasteiger partial charge in [-0.1, -0.05) is 103 Å². The first-order chi connectivity index (χ1) is 16.4. The molecule has 6 rings (SSSR count). The minimum Gasteiger partial charge on any atom is -0.311 e. The molecular weight excluding hydrogens is 398 g/mol. The van der Waals surface area contributed by atoms with Crippen molar-refractivity contribution in [2.24, 2.45) is 0 Å². The van der Waals surface area contributed by atoms with E-state index < -0.39 is 0 Å². The summed E-state index contributed by atoms with van der Waals surface area (Å²) < 4.78 is 0. The van der Waals surface area contributed by atoms with Crippen molar-refractivity contribution in [3.05, 3.63) is 151 Å². The van der Waals surface area contributed by atoms with Crippen LogP contribution in [0, 0.1) is 0 Å². The van der Waals surface area contributed by atoms with Crippen LogP contribution in [-0.4, -0.2) is 0 Å². The average molecular weight is 426 g/mol. The SMILES string of the molecule is c1ccc(N(c2ccccc2)c2ccccc2)cc1.c1ccc2c(c1)CCc1ccccc1-2. The van der Waals surface area contributed by atoms with Crippen LogP contribution in [0.25, 0.3) is 11.1 Å². The van der Waals surface area contributed by atoms with Gasteiger partial charge in [-0.15, -0.1) is 0 Å². The summed E-state index contributed by atoms with van der Waals surface area (Å²) in [6.07, 6.45) is 2.38. The fraction of sp³-hybridized carbons (Fsp3) is 0.0625. The number of hydrogen-bond acceptors (Lipinski definition) is 1. The largest absolute Gasteiger partial charge is 0.311 e. The van der Waals surface area contributed by atoms with Crippen LogP contribution in [0.5, 0.6) is 0 Å². The minimum atomic E-state index is 1.17. The van der Waals surface area contributed by atoms with Gasteiger partial charge in [0.15, 0.2) is 0 Å². The van der Waals surface area contributed by atoms with Gasteiger partial charge in [0, 0.05) is 17.1 Å². The maximum absolute atomic E-state index is 2.25. The molecule has 0 amide bonds. The van der Waals surface area contributed by atoms with Crippen LogP contribution in [-0.2, 0) is 12.8 Å². The van der Waals surface area contributed by atoms with Crippen molar-refractivity contribution >= 4 is 17.1 Å². The van der Waals surface area contributed by atoms with Gasteiger partial charge in [-0.3, -0.25) is 0 Å². The highest BCUT2D eigenvalue weighted by Gasteiger charge is 2.14. The van der Waals surface area contributed by atoms with Gasteiger partial charge in [0.2, 0.25) is 0 Å². The molecule has 0 aromatic heterocycles. The van der Waals surface area contributed by atoms with E-state index in [4.69, 9.17) is 0 Å². The van der Waals surface area contributed by atoms with E-state index in [0.717, 1.165) is 0 Å². The molecule has 160 valence electrons. The van der Waals surface area contributed by atoms with E-state index in [-0.39, 0.29) is 0 Å². The number of anilines is 3. The smallest absolute Gasteiger partial charge is 0.0461 e. The van der Waals surface area contributed by atoms with Crippen molar-refractivity contribution in [2.45, 2.75) is 12.8 Å². The van der Waals surface area contributed by atoms with Crippen LogP contribution in [0.15, 0.2) is 140 Å². The zero-order valence-corrected chi connectivity index (χ0v) is 18.6. The zero-order chi connectivity index (χ0) is 22.3. The molecule has 0 saturated heterocycles. The quantitative estimate of drug-likeness (QED) is 0.280. The topological polar surface area (TPSA) is 3.24 Å². The van der Waals surface area contributed by atoms with Crippen LogP contribution in [0.2, 0.25) is 0 Å². The van der Waals surface area contributed by atoms with Gasteiger partial charge >= 0.3 is 0 Å². The van der Waals surface area contributed by atoms with E-state index in [1.807, 2.05) is 18.2 Å². The number of benzene rings is 5. The number of para-hydroxylation sites is 3. The summed E-state index contributed by atoms with van der Waals surface area (Å²) in [5, 5.41) is 0.